The molecule has 1 amide bonds. The second kappa shape index (κ2) is 12.4. The third-order valence-electron chi connectivity index (χ3n) is 7.57. The normalized spacial score (nSPS) is 11.4. The third-order valence-corrected chi connectivity index (χ3v) is 7.57. The first kappa shape index (κ1) is 29.6. The van der Waals surface area contributed by atoms with Gasteiger partial charge in [0, 0.05) is 59.6 Å². The second-order valence-corrected chi connectivity index (χ2v) is 11.2. The molecule has 0 saturated heterocycles. The highest BCUT2D eigenvalue weighted by molar-refractivity contribution is 6.04. The Balaban J connectivity index is 1.24. The Bertz CT molecular complexity index is 2250. The number of nitrogens with zero attached hydrogens (tertiary/aromatic N) is 6. The smallest absolute Gasteiger partial charge is 0.255 e. The number of amides is 1. The lowest BCUT2D eigenvalue weighted by Crippen LogP contribution is -2.20. The van der Waals surface area contributed by atoms with Crippen LogP contribution in [0.25, 0.3) is 56.0 Å². The van der Waals surface area contributed by atoms with Crippen molar-refractivity contribution in [3.05, 3.63) is 103 Å². The Hall–Kier alpha value is -6.08. The molecule has 7 aromatic rings. The number of halogens is 2. The first-order chi connectivity index (χ1) is 22.8. The number of benzene rings is 2. The molecule has 0 spiro atoms. The number of rotatable bonds is 9. The van der Waals surface area contributed by atoms with Gasteiger partial charge in [0.1, 0.15) is 22.8 Å². The summed E-state index contributed by atoms with van der Waals surface area (Å²) in [5.74, 6) is -1.05. The van der Waals surface area contributed by atoms with E-state index in [4.69, 9.17) is 4.98 Å². The monoisotopic (exact) mass is 630 g/mol. The van der Waals surface area contributed by atoms with Crippen LogP contribution in [0.5, 0.6) is 0 Å². The number of carbonyl (C=O) groups excluding carboxylic acids is 1. The molecule has 13 heteroatoms. The molecule has 7 rings (SSSR count). The molecule has 234 valence electrons. The molecule has 47 heavy (non-hydrogen) atoms. The van der Waals surface area contributed by atoms with Crippen molar-refractivity contribution < 1.29 is 13.6 Å². The van der Waals surface area contributed by atoms with E-state index < -0.39 is 11.6 Å². The lowest BCUT2D eigenvalue weighted by Gasteiger charge is -2.12. The maximum atomic E-state index is 16.3. The van der Waals surface area contributed by atoms with Crippen molar-refractivity contribution in [2.75, 3.05) is 37.8 Å². The molecule has 0 fully saturated rings. The predicted molar refractivity (Wildman–Crippen MR) is 177 cm³/mol. The molecule has 0 bridgehead atoms. The molecule has 0 saturated carbocycles. The Morgan fingerprint density at radius 3 is 2.55 bits per heavy atom. The van der Waals surface area contributed by atoms with Crippen molar-refractivity contribution in [1.29, 1.82) is 0 Å². The van der Waals surface area contributed by atoms with Gasteiger partial charge in [-0.25, -0.2) is 23.7 Å². The maximum Gasteiger partial charge on any atom is 0.255 e. The number of pyridine rings is 3. The standard InChI is InChI=1S/C34H28F2N10O/c1-46(2)11-10-38-23-13-20(12-22(35)15-23)25-8-9-39-32-29(25)42-33(43-32)30-27-28(36)26(18-40-31(27)45-44-30)21-14-24(17-37-16-21)41-34(47)19-6-4-3-5-7-19/h3-9,12-18,38H,10-11H2,1-2H3,(H,41,47)(H,39,42,43)(H,40,44,45). The number of carbonyl (C=O) groups is 1. The number of imidazole rings is 1. The van der Waals surface area contributed by atoms with Gasteiger partial charge in [-0.1, -0.05) is 18.2 Å². The Labute approximate surface area is 267 Å². The van der Waals surface area contributed by atoms with Crippen LogP contribution < -0.4 is 10.6 Å². The van der Waals surface area contributed by atoms with Crippen LogP contribution in [0.3, 0.4) is 0 Å². The van der Waals surface area contributed by atoms with Crippen molar-refractivity contribution in [3.8, 4) is 33.8 Å². The van der Waals surface area contributed by atoms with Crippen LogP contribution in [0.2, 0.25) is 0 Å². The molecule has 0 atom stereocenters. The van der Waals surface area contributed by atoms with Gasteiger partial charge in [-0.2, -0.15) is 5.10 Å². The van der Waals surface area contributed by atoms with E-state index >= 15 is 4.39 Å². The molecule has 2 aromatic carbocycles. The molecule has 0 aliphatic heterocycles. The van der Waals surface area contributed by atoms with E-state index in [0.717, 1.165) is 6.54 Å². The molecular formula is C34H28F2N10O. The molecule has 0 aliphatic carbocycles. The van der Waals surface area contributed by atoms with Crippen LogP contribution in [0.15, 0.2) is 85.5 Å². The Morgan fingerprint density at radius 2 is 1.72 bits per heavy atom. The zero-order valence-electron chi connectivity index (χ0n) is 25.3. The van der Waals surface area contributed by atoms with Crippen LogP contribution in [0, 0.1) is 11.6 Å². The van der Waals surface area contributed by atoms with Crippen molar-refractivity contribution in [1.82, 2.24) is 40.0 Å². The maximum absolute atomic E-state index is 16.3. The van der Waals surface area contributed by atoms with Crippen LogP contribution >= 0.6 is 0 Å². The fraction of sp³-hybridized carbons (Fsp3) is 0.118. The minimum absolute atomic E-state index is 0.111. The number of hydrogen-bond donors (Lipinski definition) is 4. The highest BCUT2D eigenvalue weighted by Gasteiger charge is 2.22. The molecule has 0 aliphatic rings. The molecule has 0 unspecified atom stereocenters. The first-order valence-corrected chi connectivity index (χ1v) is 14.7. The van der Waals surface area contributed by atoms with Crippen molar-refractivity contribution >= 4 is 39.5 Å². The lowest BCUT2D eigenvalue weighted by atomic mass is 10.0. The van der Waals surface area contributed by atoms with E-state index in [1.54, 1.807) is 42.6 Å². The minimum Gasteiger partial charge on any atom is -0.384 e. The number of aromatic amines is 2. The van der Waals surface area contributed by atoms with Gasteiger partial charge >= 0.3 is 0 Å². The van der Waals surface area contributed by atoms with E-state index in [1.807, 2.05) is 31.1 Å². The molecule has 4 N–H and O–H groups in total. The number of hydrogen-bond acceptors (Lipinski definition) is 8. The van der Waals surface area contributed by atoms with Crippen molar-refractivity contribution in [2.45, 2.75) is 0 Å². The van der Waals surface area contributed by atoms with Crippen LogP contribution in [0.1, 0.15) is 10.4 Å². The van der Waals surface area contributed by atoms with Crippen LogP contribution in [-0.2, 0) is 0 Å². The molecule has 11 nitrogen and oxygen atoms in total. The summed E-state index contributed by atoms with van der Waals surface area (Å²) in [6.07, 6.45) is 5.96. The van der Waals surface area contributed by atoms with Crippen LogP contribution in [0.4, 0.5) is 20.2 Å². The second-order valence-electron chi connectivity index (χ2n) is 11.2. The lowest BCUT2D eigenvalue weighted by molar-refractivity contribution is 0.102. The van der Waals surface area contributed by atoms with Crippen molar-refractivity contribution in [2.24, 2.45) is 0 Å². The number of nitrogens with one attached hydrogen (secondary N) is 4. The summed E-state index contributed by atoms with van der Waals surface area (Å²) in [6, 6.07) is 16.9. The van der Waals surface area contributed by atoms with Gasteiger partial charge in [-0.05, 0) is 62.1 Å². The average molecular weight is 631 g/mol. The van der Waals surface area contributed by atoms with Gasteiger partial charge in [0.2, 0.25) is 0 Å². The van der Waals surface area contributed by atoms with Gasteiger partial charge < -0.3 is 20.5 Å². The number of anilines is 2. The minimum atomic E-state index is -0.598. The summed E-state index contributed by atoms with van der Waals surface area (Å²) in [7, 11) is 3.94. The highest BCUT2D eigenvalue weighted by atomic mass is 19.1. The summed E-state index contributed by atoms with van der Waals surface area (Å²) in [5, 5.41) is 13.3. The predicted octanol–water partition coefficient (Wildman–Crippen LogP) is 6.13. The van der Waals surface area contributed by atoms with E-state index in [2.05, 4.69) is 40.8 Å². The SMILES string of the molecule is CN(C)CCNc1cc(F)cc(-c2ccnc3[nH]c(-c4n[nH]c5ncc(-c6cncc(NC(=O)c7ccccc7)c6)c(F)c45)nc23)c1. The van der Waals surface area contributed by atoms with Gasteiger partial charge in [0.15, 0.2) is 17.1 Å². The molecule has 5 aromatic heterocycles. The first-order valence-electron chi connectivity index (χ1n) is 14.7. The largest absolute Gasteiger partial charge is 0.384 e. The summed E-state index contributed by atoms with van der Waals surface area (Å²) in [5.41, 5.74) is 4.65. The van der Waals surface area contributed by atoms with E-state index in [0.29, 0.717) is 51.3 Å². The zero-order valence-corrected chi connectivity index (χ0v) is 25.3. The molecular weight excluding hydrogens is 602 g/mol. The van der Waals surface area contributed by atoms with E-state index in [9.17, 15) is 9.18 Å². The summed E-state index contributed by atoms with van der Waals surface area (Å²) >= 11 is 0. The fourth-order valence-corrected chi connectivity index (χ4v) is 5.30. The van der Waals surface area contributed by atoms with Gasteiger partial charge in [0.25, 0.3) is 5.91 Å². The van der Waals surface area contributed by atoms with Gasteiger partial charge in [0.05, 0.1) is 17.3 Å². The third kappa shape index (κ3) is 5.99. The van der Waals surface area contributed by atoms with Gasteiger partial charge in [-0.15, -0.1) is 0 Å². The fourth-order valence-electron chi connectivity index (χ4n) is 5.30. The van der Waals surface area contributed by atoms with E-state index in [1.165, 1.54) is 30.7 Å². The van der Waals surface area contributed by atoms with Crippen molar-refractivity contribution in [3.63, 3.8) is 0 Å². The average Bonchev–Trinajstić information content (AvgIpc) is 3.70. The molecule has 0 radical (unpaired) electrons. The summed E-state index contributed by atoms with van der Waals surface area (Å²) in [6.45, 7) is 1.43. The number of H-pyrrole nitrogens is 2. The van der Waals surface area contributed by atoms with Gasteiger partial charge in [-0.3, -0.25) is 14.9 Å². The van der Waals surface area contributed by atoms with Crippen LogP contribution in [-0.4, -0.2) is 73.1 Å². The summed E-state index contributed by atoms with van der Waals surface area (Å²) in [4.78, 5) is 35.6. The number of fused-ring (bicyclic) bond motifs is 2. The quantitative estimate of drug-likeness (QED) is 0.149. The number of likely N-dealkylation sites (N-methyl/N-ethyl adjacent to an activating group) is 1. The Morgan fingerprint density at radius 1 is 0.894 bits per heavy atom. The summed E-state index contributed by atoms with van der Waals surface area (Å²) < 4.78 is 31.0. The highest BCUT2D eigenvalue weighted by Crippen LogP contribution is 2.35. The Kier molecular flexibility index (Phi) is 7.80. The molecule has 5 heterocycles. The van der Waals surface area contributed by atoms with E-state index in [-0.39, 0.29) is 34.0 Å². The number of aromatic nitrogens is 7. The zero-order chi connectivity index (χ0) is 32.5. The topological polar surface area (TPSA) is 140 Å².